The van der Waals surface area contributed by atoms with Crippen molar-refractivity contribution in [1.82, 2.24) is 29.4 Å². The van der Waals surface area contributed by atoms with Crippen molar-refractivity contribution in [3.63, 3.8) is 0 Å². The van der Waals surface area contributed by atoms with E-state index in [-0.39, 0.29) is 5.91 Å². The molecule has 3 aromatic rings. The van der Waals surface area contributed by atoms with Crippen LogP contribution in [-0.4, -0.2) is 48.2 Å². The van der Waals surface area contributed by atoms with Gasteiger partial charge in [-0.05, 0) is 25.3 Å². The van der Waals surface area contributed by atoms with Crippen LogP contribution in [0.2, 0.25) is 0 Å². The monoisotopic (exact) mass is 382 g/mol. The van der Waals surface area contributed by atoms with Gasteiger partial charge in [0.2, 0.25) is 0 Å². The molecule has 7 nitrogen and oxygen atoms in total. The Morgan fingerprint density at radius 2 is 1.89 bits per heavy atom. The maximum absolute atomic E-state index is 13.0. The Bertz CT molecular complexity index is 1000. The first-order valence-corrected chi connectivity index (χ1v) is 10.1. The Kier molecular flexibility index (Phi) is 4.51. The summed E-state index contributed by atoms with van der Waals surface area (Å²) in [6.45, 7) is 3.24. The minimum Gasteiger partial charge on any atom is -0.334 e. The molecule has 1 aliphatic heterocycles. The van der Waals surface area contributed by atoms with Crippen molar-refractivity contribution in [1.29, 1.82) is 0 Å². The smallest absolute Gasteiger partial charge is 0.254 e. The van der Waals surface area contributed by atoms with Crippen LogP contribution in [0.3, 0.4) is 0 Å². The highest BCUT2D eigenvalue weighted by Gasteiger charge is 2.29. The number of amides is 1. The SMILES string of the molecule is CSc1nnc(-c2nn(C)c3c2CN(C(=O)c2ccc(C)cc2)CC3)n1C. The van der Waals surface area contributed by atoms with Crippen molar-refractivity contribution >= 4 is 17.7 Å². The lowest BCUT2D eigenvalue weighted by Gasteiger charge is -2.27. The Morgan fingerprint density at radius 3 is 2.56 bits per heavy atom. The first-order chi connectivity index (χ1) is 13.0. The summed E-state index contributed by atoms with van der Waals surface area (Å²) in [5, 5.41) is 14.1. The van der Waals surface area contributed by atoms with Gasteiger partial charge in [0.05, 0.1) is 6.54 Å². The molecule has 1 aromatic carbocycles. The molecule has 0 unspecified atom stereocenters. The molecule has 27 heavy (non-hydrogen) atoms. The van der Waals surface area contributed by atoms with Gasteiger partial charge >= 0.3 is 0 Å². The van der Waals surface area contributed by atoms with Crippen molar-refractivity contribution in [3.05, 3.63) is 46.6 Å². The second-order valence-corrected chi connectivity index (χ2v) is 7.58. The lowest BCUT2D eigenvalue weighted by molar-refractivity contribution is 0.0733. The van der Waals surface area contributed by atoms with E-state index in [4.69, 9.17) is 5.10 Å². The van der Waals surface area contributed by atoms with E-state index >= 15 is 0 Å². The van der Waals surface area contributed by atoms with E-state index < -0.39 is 0 Å². The molecule has 0 atom stereocenters. The number of benzene rings is 1. The lowest BCUT2D eigenvalue weighted by atomic mass is 10.0. The van der Waals surface area contributed by atoms with Crippen LogP contribution < -0.4 is 0 Å². The standard InChI is InChI=1S/C19H22N6OS/c1-12-5-7-13(8-6-12)18(26)25-10-9-15-14(11-25)16(22-24(15)3)17-20-21-19(27-4)23(17)2/h5-8H,9-11H2,1-4H3. The Labute approximate surface area is 162 Å². The van der Waals surface area contributed by atoms with Crippen molar-refractivity contribution in [2.45, 2.75) is 25.0 Å². The molecule has 0 N–H and O–H groups in total. The highest BCUT2D eigenvalue weighted by molar-refractivity contribution is 7.98. The van der Waals surface area contributed by atoms with Gasteiger partial charge in [0.25, 0.3) is 5.91 Å². The number of carbonyl (C=O) groups excluding carboxylic acids is 1. The van der Waals surface area contributed by atoms with E-state index in [0.29, 0.717) is 13.1 Å². The van der Waals surface area contributed by atoms with Crippen LogP contribution in [0.15, 0.2) is 29.4 Å². The molecule has 1 aliphatic rings. The van der Waals surface area contributed by atoms with Crippen LogP contribution in [0, 0.1) is 6.92 Å². The fourth-order valence-corrected chi connectivity index (χ4v) is 4.01. The number of aromatic nitrogens is 5. The molecule has 0 bridgehead atoms. The molecule has 0 fully saturated rings. The zero-order valence-corrected chi connectivity index (χ0v) is 16.7. The van der Waals surface area contributed by atoms with Crippen LogP contribution in [0.4, 0.5) is 0 Å². The van der Waals surface area contributed by atoms with Crippen LogP contribution >= 0.6 is 11.8 Å². The Balaban J connectivity index is 1.68. The van der Waals surface area contributed by atoms with Crippen molar-refractivity contribution in [3.8, 4) is 11.5 Å². The average molecular weight is 382 g/mol. The highest BCUT2D eigenvalue weighted by atomic mass is 32.2. The largest absolute Gasteiger partial charge is 0.334 e. The molecule has 0 saturated heterocycles. The Hall–Kier alpha value is -2.61. The fourth-order valence-electron chi connectivity index (χ4n) is 3.52. The van der Waals surface area contributed by atoms with Gasteiger partial charge in [0.15, 0.2) is 11.0 Å². The lowest BCUT2D eigenvalue weighted by Crippen LogP contribution is -2.36. The summed E-state index contributed by atoms with van der Waals surface area (Å²) >= 11 is 1.55. The van der Waals surface area contributed by atoms with Gasteiger partial charge in [-0.3, -0.25) is 9.48 Å². The molecular formula is C19H22N6OS. The molecule has 1 amide bonds. The molecule has 0 aliphatic carbocycles. The van der Waals surface area contributed by atoms with Gasteiger partial charge in [0, 0.05) is 43.9 Å². The van der Waals surface area contributed by atoms with Crippen molar-refractivity contribution < 1.29 is 4.79 Å². The number of carbonyl (C=O) groups is 1. The minimum atomic E-state index is 0.0539. The fraction of sp³-hybridized carbons (Fsp3) is 0.368. The third kappa shape index (κ3) is 3.03. The van der Waals surface area contributed by atoms with Gasteiger partial charge in [0.1, 0.15) is 5.69 Å². The summed E-state index contributed by atoms with van der Waals surface area (Å²) in [6, 6.07) is 7.73. The molecule has 4 rings (SSSR count). The second-order valence-electron chi connectivity index (χ2n) is 6.81. The molecule has 0 saturated carbocycles. The molecule has 2 aromatic heterocycles. The maximum Gasteiger partial charge on any atom is 0.254 e. The van der Waals surface area contributed by atoms with E-state index in [9.17, 15) is 4.79 Å². The molecule has 140 valence electrons. The number of rotatable bonds is 3. The summed E-state index contributed by atoms with van der Waals surface area (Å²) in [7, 11) is 3.89. The number of hydrogen-bond acceptors (Lipinski definition) is 5. The van der Waals surface area contributed by atoms with E-state index in [1.807, 2.05) is 65.7 Å². The van der Waals surface area contributed by atoms with Crippen LogP contribution in [0.25, 0.3) is 11.5 Å². The topological polar surface area (TPSA) is 68.8 Å². The number of fused-ring (bicyclic) bond motifs is 1. The van der Waals surface area contributed by atoms with Gasteiger partial charge < -0.3 is 9.47 Å². The molecule has 0 radical (unpaired) electrons. The van der Waals surface area contributed by atoms with Crippen LogP contribution in [0.1, 0.15) is 27.2 Å². The predicted molar refractivity (Wildman–Crippen MR) is 105 cm³/mol. The van der Waals surface area contributed by atoms with Crippen LogP contribution in [-0.2, 0) is 27.1 Å². The summed E-state index contributed by atoms with van der Waals surface area (Å²) in [6.07, 6.45) is 2.76. The summed E-state index contributed by atoms with van der Waals surface area (Å²) in [4.78, 5) is 14.8. The number of hydrogen-bond donors (Lipinski definition) is 0. The number of thioether (sulfide) groups is 1. The van der Waals surface area contributed by atoms with Crippen molar-refractivity contribution in [2.24, 2.45) is 14.1 Å². The zero-order chi connectivity index (χ0) is 19.1. The van der Waals surface area contributed by atoms with E-state index in [2.05, 4.69) is 10.2 Å². The second kappa shape index (κ2) is 6.84. The van der Waals surface area contributed by atoms with Crippen molar-refractivity contribution in [2.75, 3.05) is 12.8 Å². The predicted octanol–water partition coefficient (Wildman–Crippen LogP) is 2.44. The van der Waals surface area contributed by atoms with Gasteiger partial charge in [-0.15, -0.1) is 10.2 Å². The number of aryl methyl sites for hydroxylation is 2. The summed E-state index contributed by atoms with van der Waals surface area (Å²) < 4.78 is 3.86. The maximum atomic E-state index is 13.0. The quantitative estimate of drug-likeness (QED) is 0.651. The van der Waals surface area contributed by atoms with Gasteiger partial charge in [-0.2, -0.15) is 5.10 Å². The van der Waals surface area contributed by atoms with Gasteiger partial charge in [-0.25, -0.2) is 0 Å². The van der Waals surface area contributed by atoms with Crippen LogP contribution in [0.5, 0.6) is 0 Å². The third-order valence-electron chi connectivity index (χ3n) is 5.06. The third-order valence-corrected chi connectivity index (χ3v) is 5.78. The first kappa shape index (κ1) is 17.8. The highest BCUT2D eigenvalue weighted by Crippen LogP contribution is 2.30. The Morgan fingerprint density at radius 1 is 1.15 bits per heavy atom. The normalized spacial score (nSPS) is 13.7. The number of nitrogens with zero attached hydrogens (tertiary/aromatic N) is 6. The molecule has 3 heterocycles. The van der Waals surface area contributed by atoms with Gasteiger partial charge in [-0.1, -0.05) is 29.5 Å². The molecule has 8 heteroatoms. The minimum absolute atomic E-state index is 0.0539. The average Bonchev–Trinajstić information content (AvgIpc) is 3.21. The molecule has 0 spiro atoms. The summed E-state index contributed by atoms with van der Waals surface area (Å²) in [5.41, 5.74) is 4.90. The van der Waals surface area contributed by atoms with E-state index in [1.54, 1.807) is 11.8 Å². The van der Waals surface area contributed by atoms with E-state index in [0.717, 1.165) is 45.5 Å². The zero-order valence-electron chi connectivity index (χ0n) is 15.9. The summed E-state index contributed by atoms with van der Waals surface area (Å²) in [5.74, 6) is 0.791. The first-order valence-electron chi connectivity index (χ1n) is 8.84. The van der Waals surface area contributed by atoms with E-state index in [1.165, 1.54) is 0 Å². The molecular weight excluding hydrogens is 360 g/mol.